The molecule has 0 bridgehead atoms. The van der Waals surface area contributed by atoms with E-state index >= 15 is 0 Å². The van der Waals surface area contributed by atoms with Crippen molar-refractivity contribution in [1.29, 1.82) is 0 Å². The summed E-state index contributed by atoms with van der Waals surface area (Å²) >= 11 is 0. The molecular formula is C17H20N2O2. The molecule has 0 unspecified atom stereocenters. The van der Waals surface area contributed by atoms with Crippen LogP contribution in [0.25, 0.3) is 0 Å². The van der Waals surface area contributed by atoms with Crippen LogP contribution in [0.1, 0.15) is 35.5 Å². The van der Waals surface area contributed by atoms with E-state index in [1.54, 1.807) is 12.1 Å². The smallest absolute Gasteiger partial charge is 0.287 e. The van der Waals surface area contributed by atoms with Gasteiger partial charge in [-0.05, 0) is 31.0 Å². The van der Waals surface area contributed by atoms with Crippen molar-refractivity contribution in [2.24, 2.45) is 0 Å². The minimum Gasteiger partial charge on any atom is -0.459 e. The molecule has 0 saturated carbocycles. The lowest BCUT2D eigenvalue weighted by molar-refractivity contribution is 0.0908. The van der Waals surface area contributed by atoms with Crippen LogP contribution in [-0.4, -0.2) is 29.9 Å². The fourth-order valence-electron chi connectivity index (χ4n) is 2.86. The number of carbonyl (C=O) groups is 1. The summed E-state index contributed by atoms with van der Waals surface area (Å²) in [6.07, 6.45) is 2.50. The molecule has 1 N–H and O–H groups in total. The van der Waals surface area contributed by atoms with Gasteiger partial charge in [0.2, 0.25) is 0 Å². The lowest BCUT2D eigenvalue weighted by Gasteiger charge is -2.24. The molecule has 0 radical (unpaired) electrons. The van der Waals surface area contributed by atoms with Crippen molar-refractivity contribution in [3.63, 3.8) is 0 Å². The maximum atomic E-state index is 12.0. The summed E-state index contributed by atoms with van der Waals surface area (Å²) in [5.41, 5.74) is 1.32. The van der Waals surface area contributed by atoms with E-state index in [1.807, 2.05) is 6.07 Å². The molecule has 4 heteroatoms. The molecular weight excluding hydrogens is 264 g/mol. The van der Waals surface area contributed by atoms with Crippen molar-refractivity contribution < 1.29 is 9.21 Å². The summed E-state index contributed by atoms with van der Waals surface area (Å²) in [6, 6.07) is 14.5. The normalized spacial score (nSPS) is 20.3. The summed E-state index contributed by atoms with van der Waals surface area (Å²) in [5.74, 6) is 0.253. The average molecular weight is 284 g/mol. The lowest BCUT2D eigenvalue weighted by atomic mass is 10.1. The number of hydrogen-bond donors (Lipinski definition) is 1. The van der Waals surface area contributed by atoms with Gasteiger partial charge >= 0.3 is 0 Å². The van der Waals surface area contributed by atoms with Gasteiger partial charge in [-0.25, -0.2) is 0 Å². The van der Waals surface area contributed by atoms with Crippen molar-refractivity contribution >= 4 is 5.91 Å². The topological polar surface area (TPSA) is 45.5 Å². The van der Waals surface area contributed by atoms with E-state index < -0.39 is 0 Å². The van der Waals surface area contributed by atoms with Gasteiger partial charge in [0.15, 0.2) is 5.76 Å². The summed E-state index contributed by atoms with van der Waals surface area (Å²) in [6.45, 7) is 4.09. The van der Waals surface area contributed by atoms with Crippen molar-refractivity contribution in [2.75, 3.05) is 13.1 Å². The van der Waals surface area contributed by atoms with Gasteiger partial charge in [-0.2, -0.15) is 0 Å². The zero-order valence-corrected chi connectivity index (χ0v) is 12.2. The fourth-order valence-corrected chi connectivity index (χ4v) is 2.86. The summed E-state index contributed by atoms with van der Waals surface area (Å²) in [7, 11) is 0. The number of amides is 1. The summed E-state index contributed by atoms with van der Waals surface area (Å²) < 4.78 is 5.12. The van der Waals surface area contributed by atoms with E-state index in [0.29, 0.717) is 11.8 Å². The predicted octanol–water partition coefficient (Wildman–Crippen LogP) is 2.84. The maximum absolute atomic E-state index is 12.0. The maximum Gasteiger partial charge on any atom is 0.287 e. The lowest BCUT2D eigenvalue weighted by Crippen LogP contribution is -2.37. The van der Waals surface area contributed by atoms with Crippen LogP contribution in [0.4, 0.5) is 0 Å². The van der Waals surface area contributed by atoms with E-state index in [2.05, 4.69) is 41.4 Å². The van der Waals surface area contributed by atoms with Gasteiger partial charge in [0, 0.05) is 25.2 Å². The Kier molecular flexibility index (Phi) is 4.06. The largest absolute Gasteiger partial charge is 0.459 e. The van der Waals surface area contributed by atoms with Crippen molar-refractivity contribution in [3.8, 4) is 0 Å². The number of hydrogen-bond acceptors (Lipinski definition) is 3. The molecule has 21 heavy (non-hydrogen) atoms. The Bertz CT molecular complexity index is 580. The third-order valence-electron chi connectivity index (χ3n) is 4.13. The second-order valence-electron chi connectivity index (χ2n) is 5.52. The van der Waals surface area contributed by atoms with Crippen LogP contribution < -0.4 is 5.32 Å². The third-order valence-corrected chi connectivity index (χ3v) is 4.13. The Morgan fingerprint density at radius 3 is 2.81 bits per heavy atom. The highest BCUT2D eigenvalue weighted by Gasteiger charge is 2.28. The molecule has 1 aromatic heterocycles. The molecule has 2 atom stereocenters. The molecule has 2 heterocycles. The van der Waals surface area contributed by atoms with Crippen molar-refractivity contribution in [3.05, 3.63) is 60.1 Å². The molecule has 1 aliphatic rings. The Morgan fingerprint density at radius 2 is 2.10 bits per heavy atom. The van der Waals surface area contributed by atoms with Crippen molar-refractivity contribution in [1.82, 2.24) is 10.2 Å². The van der Waals surface area contributed by atoms with Crippen LogP contribution in [0.5, 0.6) is 0 Å². The molecule has 110 valence electrons. The van der Waals surface area contributed by atoms with Gasteiger partial charge in [0.25, 0.3) is 5.91 Å². The first-order valence-corrected chi connectivity index (χ1v) is 7.37. The van der Waals surface area contributed by atoms with Gasteiger partial charge in [-0.1, -0.05) is 30.3 Å². The Hall–Kier alpha value is -2.07. The van der Waals surface area contributed by atoms with Gasteiger partial charge in [-0.3, -0.25) is 9.69 Å². The van der Waals surface area contributed by atoms with Crippen LogP contribution in [0, 0.1) is 0 Å². The summed E-state index contributed by atoms with van der Waals surface area (Å²) in [5, 5.41) is 3.04. The SMILES string of the molecule is C[C@H](c1ccccc1)N1CC[C@@H](NC(=O)c2ccco2)C1. The average Bonchev–Trinajstić information content (AvgIpc) is 3.19. The zero-order valence-electron chi connectivity index (χ0n) is 12.2. The number of furan rings is 1. The number of nitrogens with zero attached hydrogens (tertiary/aromatic N) is 1. The molecule has 0 aliphatic carbocycles. The highest BCUT2D eigenvalue weighted by molar-refractivity contribution is 5.91. The Morgan fingerprint density at radius 1 is 1.29 bits per heavy atom. The number of benzene rings is 1. The van der Waals surface area contributed by atoms with Gasteiger partial charge in [0.05, 0.1) is 6.26 Å². The standard InChI is InChI=1S/C17H20N2O2/c1-13(14-6-3-2-4-7-14)19-10-9-15(12-19)18-17(20)16-8-5-11-21-16/h2-8,11,13,15H,9-10,12H2,1H3,(H,18,20)/t13-,15-/m1/s1. The van der Waals surface area contributed by atoms with E-state index in [1.165, 1.54) is 11.8 Å². The highest BCUT2D eigenvalue weighted by Crippen LogP contribution is 2.24. The molecule has 1 aliphatic heterocycles. The first-order valence-electron chi connectivity index (χ1n) is 7.37. The van der Waals surface area contributed by atoms with E-state index in [-0.39, 0.29) is 11.9 Å². The molecule has 2 aromatic rings. The van der Waals surface area contributed by atoms with Gasteiger partial charge < -0.3 is 9.73 Å². The van der Waals surface area contributed by atoms with Gasteiger partial charge in [0.1, 0.15) is 0 Å². The molecule has 1 saturated heterocycles. The van der Waals surface area contributed by atoms with E-state index in [0.717, 1.165) is 19.5 Å². The number of carbonyl (C=O) groups excluding carboxylic acids is 1. The quantitative estimate of drug-likeness (QED) is 0.939. The Balaban J connectivity index is 1.57. The van der Waals surface area contributed by atoms with Crippen LogP contribution in [0.3, 0.4) is 0 Å². The first kappa shape index (κ1) is 13.9. The summed E-state index contributed by atoms with van der Waals surface area (Å²) in [4.78, 5) is 14.4. The van der Waals surface area contributed by atoms with Crippen molar-refractivity contribution in [2.45, 2.75) is 25.4 Å². The molecule has 0 spiro atoms. The number of likely N-dealkylation sites (tertiary alicyclic amines) is 1. The molecule has 1 fully saturated rings. The first-order chi connectivity index (χ1) is 10.2. The second kappa shape index (κ2) is 6.14. The van der Waals surface area contributed by atoms with Crippen LogP contribution in [-0.2, 0) is 0 Å². The molecule has 1 amide bonds. The minimum absolute atomic E-state index is 0.126. The zero-order chi connectivity index (χ0) is 14.7. The van der Waals surface area contributed by atoms with E-state index in [9.17, 15) is 4.79 Å². The molecule has 3 rings (SSSR count). The van der Waals surface area contributed by atoms with Crippen LogP contribution in [0.2, 0.25) is 0 Å². The molecule has 1 aromatic carbocycles. The van der Waals surface area contributed by atoms with E-state index in [4.69, 9.17) is 4.42 Å². The number of rotatable bonds is 4. The third kappa shape index (κ3) is 3.16. The highest BCUT2D eigenvalue weighted by atomic mass is 16.3. The minimum atomic E-state index is -0.126. The fraction of sp³-hybridized carbons (Fsp3) is 0.353. The van der Waals surface area contributed by atoms with Crippen LogP contribution in [0.15, 0.2) is 53.1 Å². The predicted molar refractivity (Wildman–Crippen MR) is 81.0 cm³/mol. The molecule has 4 nitrogen and oxygen atoms in total. The number of nitrogens with one attached hydrogen (secondary N) is 1. The second-order valence-corrected chi connectivity index (χ2v) is 5.52. The monoisotopic (exact) mass is 284 g/mol. The van der Waals surface area contributed by atoms with Crippen LogP contribution >= 0.6 is 0 Å². The Labute approximate surface area is 124 Å². The van der Waals surface area contributed by atoms with Gasteiger partial charge in [-0.15, -0.1) is 0 Å².